The van der Waals surface area contributed by atoms with Crippen LogP contribution in [-0.4, -0.2) is 25.2 Å². The second-order valence-electron chi connectivity index (χ2n) is 4.60. The zero-order valence-corrected chi connectivity index (χ0v) is 11.3. The van der Waals surface area contributed by atoms with Crippen LogP contribution in [0.3, 0.4) is 0 Å². The molecule has 0 heterocycles. The fourth-order valence-electron chi connectivity index (χ4n) is 1.65. The number of carbonyl (C=O) groups excluding carboxylic acids is 1. The maximum absolute atomic E-state index is 12.3. The van der Waals surface area contributed by atoms with E-state index in [4.69, 9.17) is 4.74 Å². The molecule has 0 aliphatic rings. The first-order chi connectivity index (χ1) is 7.92. The van der Waals surface area contributed by atoms with Crippen molar-refractivity contribution < 1.29 is 9.53 Å². The molecule has 3 heteroatoms. The molecule has 1 amide bonds. The van der Waals surface area contributed by atoms with Crippen molar-refractivity contribution in [2.45, 2.75) is 33.3 Å². The Morgan fingerprint density at radius 1 is 1.41 bits per heavy atom. The van der Waals surface area contributed by atoms with Crippen LogP contribution in [0, 0.1) is 6.92 Å². The van der Waals surface area contributed by atoms with Gasteiger partial charge in [0, 0.05) is 19.3 Å². The Labute approximate surface area is 103 Å². The highest BCUT2D eigenvalue weighted by Crippen LogP contribution is 2.21. The van der Waals surface area contributed by atoms with E-state index < -0.39 is 5.60 Å². The average Bonchev–Trinajstić information content (AvgIpc) is 2.30. The highest BCUT2D eigenvalue weighted by Gasteiger charge is 2.31. The lowest BCUT2D eigenvalue weighted by Crippen LogP contribution is -2.46. The van der Waals surface area contributed by atoms with E-state index in [-0.39, 0.29) is 5.91 Å². The minimum absolute atomic E-state index is 0.0203. The van der Waals surface area contributed by atoms with Gasteiger partial charge in [0.2, 0.25) is 0 Å². The predicted octanol–water partition coefficient (Wildman–Crippen LogP) is 2.77. The molecule has 0 saturated heterocycles. The summed E-state index contributed by atoms with van der Waals surface area (Å²) in [6.07, 6.45) is 0. The maximum Gasteiger partial charge on any atom is 0.258 e. The van der Waals surface area contributed by atoms with Crippen molar-refractivity contribution in [3.63, 3.8) is 0 Å². The summed E-state index contributed by atoms with van der Waals surface area (Å²) >= 11 is 0. The lowest BCUT2D eigenvalue weighted by molar-refractivity contribution is -0.136. The average molecular weight is 235 g/mol. The van der Waals surface area contributed by atoms with Gasteiger partial charge >= 0.3 is 0 Å². The van der Waals surface area contributed by atoms with Crippen LogP contribution in [0.4, 0.5) is 5.69 Å². The smallest absolute Gasteiger partial charge is 0.258 e. The van der Waals surface area contributed by atoms with Gasteiger partial charge in [-0.2, -0.15) is 0 Å². The number of aryl methyl sites for hydroxylation is 1. The van der Waals surface area contributed by atoms with Gasteiger partial charge in [-0.15, -0.1) is 0 Å². The molecule has 0 atom stereocenters. The number of rotatable bonds is 4. The standard InChI is InChI=1S/C14H21NO2/c1-6-15(13(16)14(3,4)17-5)12-9-7-8-11(2)10-12/h7-10H,6H2,1-5H3. The fourth-order valence-corrected chi connectivity index (χ4v) is 1.65. The van der Waals surface area contributed by atoms with Gasteiger partial charge in [-0.25, -0.2) is 0 Å². The minimum atomic E-state index is -0.792. The quantitative estimate of drug-likeness (QED) is 0.803. The molecule has 0 spiro atoms. The number of hydrogen-bond donors (Lipinski definition) is 0. The molecule has 1 aromatic carbocycles. The Hall–Kier alpha value is -1.35. The first-order valence-electron chi connectivity index (χ1n) is 5.86. The van der Waals surface area contributed by atoms with Crippen molar-refractivity contribution in [3.8, 4) is 0 Å². The Morgan fingerprint density at radius 3 is 2.53 bits per heavy atom. The van der Waals surface area contributed by atoms with Crippen molar-refractivity contribution >= 4 is 11.6 Å². The van der Waals surface area contributed by atoms with E-state index >= 15 is 0 Å². The molecule has 94 valence electrons. The summed E-state index contributed by atoms with van der Waals surface area (Å²) in [5.74, 6) is -0.0203. The van der Waals surface area contributed by atoms with Gasteiger partial charge in [0.15, 0.2) is 0 Å². The molecule has 1 rings (SSSR count). The maximum atomic E-state index is 12.3. The van der Waals surface area contributed by atoms with E-state index in [1.807, 2.05) is 38.1 Å². The third-order valence-electron chi connectivity index (χ3n) is 2.90. The number of benzene rings is 1. The Balaban J connectivity index is 3.04. The lowest BCUT2D eigenvalue weighted by atomic mass is 10.1. The summed E-state index contributed by atoms with van der Waals surface area (Å²) < 4.78 is 5.24. The third kappa shape index (κ3) is 3.07. The van der Waals surface area contributed by atoms with Crippen molar-refractivity contribution in [2.24, 2.45) is 0 Å². The summed E-state index contributed by atoms with van der Waals surface area (Å²) in [6.45, 7) is 8.19. The summed E-state index contributed by atoms with van der Waals surface area (Å²) in [7, 11) is 1.56. The molecule has 0 saturated carbocycles. The molecular formula is C14H21NO2. The molecule has 0 aromatic heterocycles. The molecule has 0 aliphatic carbocycles. The summed E-state index contributed by atoms with van der Waals surface area (Å²) in [5, 5.41) is 0. The van der Waals surface area contributed by atoms with Gasteiger partial charge in [0.25, 0.3) is 5.91 Å². The molecule has 0 fully saturated rings. The summed E-state index contributed by atoms with van der Waals surface area (Å²) in [5.41, 5.74) is 1.27. The number of methoxy groups -OCH3 is 1. The van der Waals surface area contributed by atoms with Crippen molar-refractivity contribution in [2.75, 3.05) is 18.6 Å². The largest absolute Gasteiger partial charge is 0.369 e. The number of ether oxygens (including phenoxy) is 1. The Kier molecular flexibility index (Phi) is 4.29. The van der Waals surface area contributed by atoms with Gasteiger partial charge in [0.05, 0.1) is 0 Å². The minimum Gasteiger partial charge on any atom is -0.369 e. The van der Waals surface area contributed by atoms with Crippen LogP contribution in [0.15, 0.2) is 24.3 Å². The van der Waals surface area contributed by atoms with Gasteiger partial charge in [0.1, 0.15) is 5.60 Å². The number of carbonyl (C=O) groups is 1. The molecule has 0 N–H and O–H groups in total. The number of hydrogen-bond acceptors (Lipinski definition) is 2. The van der Waals surface area contributed by atoms with Crippen LogP contribution in [0.25, 0.3) is 0 Å². The molecule has 17 heavy (non-hydrogen) atoms. The second-order valence-corrected chi connectivity index (χ2v) is 4.60. The number of amides is 1. The number of likely N-dealkylation sites (N-methyl/N-ethyl adjacent to an activating group) is 1. The molecular weight excluding hydrogens is 214 g/mol. The first kappa shape index (κ1) is 13.7. The van der Waals surface area contributed by atoms with Gasteiger partial charge < -0.3 is 9.64 Å². The monoisotopic (exact) mass is 235 g/mol. The Bertz CT molecular complexity index is 399. The van der Waals surface area contributed by atoms with E-state index in [0.717, 1.165) is 11.3 Å². The zero-order chi connectivity index (χ0) is 13.1. The zero-order valence-electron chi connectivity index (χ0n) is 11.3. The number of nitrogens with zero attached hydrogens (tertiary/aromatic N) is 1. The van der Waals surface area contributed by atoms with Crippen LogP contribution in [0.5, 0.6) is 0 Å². The fraction of sp³-hybridized carbons (Fsp3) is 0.500. The normalized spacial score (nSPS) is 11.4. The number of anilines is 1. The van der Waals surface area contributed by atoms with Crippen molar-refractivity contribution in [1.82, 2.24) is 0 Å². The van der Waals surface area contributed by atoms with Gasteiger partial charge in [-0.05, 0) is 45.4 Å². The predicted molar refractivity (Wildman–Crippen MR) is 70.3 cm³/mol. The second kappa shape index (κ2) is 5.32. The van der Waals surface area contributed by atoms with Gasteiger partial charge in [-0.3, -0.25) is 4.79 Å². The van der Waals surface area contributed by atoms with Crippen LogP contribution in [0.1, 0.15) is 26.3 Å². The molecule has 1 aromatic rings. The molecule has 0 radical (unpaired) electrons. The van der Waals surface area contributed by atoms with E-state index in [0.29, 0.717) is 6.54 Å². The van der Waals surface area contributed by atoms with Crippen LogP contribution in [0.2, 0.25) is 0 Å². The SMILES string of the molecule is CCN(C(=O)C(C)(C)OC)c1cccc(C)c1. The van der Waals surface area contributed by atoms with Crippen molar-refractivity contribution in [1.29, 1.82) is 0 Å². The highest BCUT2D eigenvalue weighted by atomic mass is 16.5. The molecule has 0 unspecified atom stereocenters. The Morgan fingerprint density at radius 2 is 2.06 bits per heavy atom. The summed E-state index contributed by atoms with van der Waals surface area (Å²) in [6, 6.07) is 7.93. The van der Waals surface area contributed by atoms with Crippen LogP contribution >= 0.6 is 0 Å². The van der Waals surface area contributed by atoms with E-state index in [1.165, 1.54) is 0 Å². The van der Waals surface area contributed by atoms with Gasteiger partial charge in [-0.1, -0.05) is 12.1 Å². The topological polar surface area (TPSA) is 29.5 Å². The van der Waals surface area contributed by atoms with Crippen LogP contribution in [-0.2, 0) is 9.53 Å². The van der Waals surface area contributed by atoms with E-state index in [1.54, 1.807) is 25.9 Å². The summed E-state index contributed by atoms with van der Waals surface area (Å²) in [4.78, 5) is 14.1. The van der Waals surface area contributed by atoms with Crippen molar-refractivity contribution in [3.05, 3.63) is 29.8 Å². The third-order valence-corrected chi connectivity index (χ3v) is 2.90. The first-order valence-corrected chi connectivity index (χ1v) is 5.86. The van der Waals surface area contributed by atoms with Crippen LogP contribution < -0.4 is 4.90 Å². The highest BCUT2D eigenvalue weighted by molar-refractivity contribution is 5.98. The molecule has 0 bridgehead atoms. The lowest BCUT2D eigenvalue weighted by Gasteiger charge is -2.30. The van der Waals surface area contributed by atoms with E-state index in [9.17, 15) is 4.79 Å². The molecule has 3 nitrogen and oxygen atoms in total. The van der Waals surface area contributed by atoms with E-state index in [2.05, 4.69) is 0 Å². The molecule has 0 aliphatic heterocycles.